The number of alkyl halides is 2. The van der Waals surface area contributed by atoms with Gasteiger partial charge in [-0.1, -0.05) is 0 Å². The number of aliphatic carboxylic acids is 1. The molecule has 0 radical (unpaired) electrons. The first-order valence-electron chi connectivity index (χ1n) is 3.81. The highest BCUT2D eigenvalue weighted by Gasteiger charge is 2.47. The van der Waals surface area contributed by atoms with Gasteiger partial charge in [0.15, 0.2) is 0 Å². The summed E-state index contributed by atoms with van der Waals surface area (Å²) < 4.78 is 25.6. The minimum atomic E-state index is -3.01. The molecular formula is C7H12ClF2NO2. The molecule has 1 saturated carbocycles. The van der Waals surface area contributed by atoms with Gasteiger partial charge in [0.1, 0.15) is 0 Å². The van der Waals surface area contributed by atoms with Gasteiger partial charge in [0.05, 0.1) is 12.0 Å². The first-order valence-corrected chi connectivity index (χ1v) is 3.81. The Morgan fingerprint density at radius 2 is 2.08 bits per heavy atom. The van der Waals surface area contributed by atoms with Crippen molar-refractivity contribution >= 4 is 18.4 Å². The maximum atomic E-state index is 12.8. The van der Waals surface area contributed by atoms with Gasteiger partial charge in [0.25, 0.3) is 5.92 Å². The monoisotopic (exact) mass is 215 g/mol. The Morgan fingerprint density at radius 3 is 2.46 bits per heavy atom. The quantitative estimate of drug-likeness (QED) is 0.692. The van der Waals surface area contributed by atoms with Gasteiger partial charge in [-0.3, -0.25) is 4.79 Å². The summed E-state index contributed by atoms with van der Waals surface area (Å²) in [6, 6.07) is -1.52. The summed E-state index contributed by atoms with van der Waals surface area (Å²) >= 11 is 0. The molecule has 1 aliphatic rings. The van der Waals surface area contributed by atoms with E-state index in [9.17, 15) is 13.6 Å². The van der Waals surface area contributed by atoms with E-state index < -0.39 is 23.9 Å². The van der Waals surface area contributed by atoms with E-state index in [0.717, 1.165) is 0 Å². The van der Waals surface area contributed by atoms with Crippen LogP contribution in [0, 0.1) is 5.92 Å². The second-order valence-corrected chi connectivity index (χ2v) is 3.12. The predicted molar refractivity (Wildman–Crippen MR) is 45.1 cm³/mol. The first-order chi connectivity index (χ1) is 5.45. The standard InChI is InChI=1S/C7H11F2NO2.ClH/c8-7(9)3-1-2-4(5(7)10)6(11)12;/h4-5H,1-3,10H2,(H,11,12);1H/t4-,5-;/m0./s1. The van der Waals surface area contributed by atoms with Crippen molar-refractivity contribution in [2.24, 2.45) is 11.7 Å². The highest BCUT2D eigenvalue weighted by molar-refractivity contribution is 5.85. The van der Waals surface area contributed by atoms with Crippen molar-refractivity contribution in [3.63, 3.8) is 0 Å². The molecule has 3 N–H and O–H groups in total. The summed E-state index contributed by atoms with van der Waals surface area (Å²) in [6.45, 7) is 0. The highest BCUT2D eigenvalue weighted by Crippen LogP contribution is 2.35. The fourth-order valence-electron chi connectivity index (χ4n) is 1.48. The molecule has 0 spiro atoms. The Labute approximate surface area is 80.7 Å². The molecule has 1 rings (SSSR count). The minimum absolute atomic E-state index is 0. The molecule has 0 aromatic carbocycles. The number of carboxylic acids is 1. The van der Waals surface area contributed by atoms with Crippen LogP contribution in [0.4, 0.5) is 8.78 Å². The van der Waals surface area contributed by atoms with Gasteiger partial charge < -0.3 is 10.8 Å². The zero-order valence-corrected chi connectivity index (χ0v) is 7.69. The lowest BCUT2D eigenvalue weighted by molar-refractivity contribution is -0.151. The third kappa shape index (κ3) is 2.51. The van der Waals surface area contributed by atoms with E-state index >= 15 is 0 Å². The number of hydrogen-bond acceptors (Lipinski definition) is 2. The van der Waals surface area contributed by atoms with Crippen molar-refractivity contribution < 1.29 is 18.7 Å². The Morgan fingerprint density at radius 1 is 1.54 bits per heavy atom. The molecule has 0 heterocycles. The van der Waals surface area contributed by atoms with Crippen LogP contribution in [0.15, 0.2) is 0 Å². The van der Waals surface area contributed by atoms with E-state index in [4.69, 9.17) is 10.8 Å². The molecule has 1 fully saturated rings. The van der Waals surface area contributed by atoms with E-state index in [-0.39, 0.29) is 31.7 Å². The maximum absolute atomic E-state index is 12.8. The molecule has 1 aliphatic carbocycles. The predicted octanol–water partition coefficient (Wildman–Crippen LogP) is 1.26. The molecule has 78 valence electrons. The number of rotatable bonds is 1. The third-order valence-corrected chi connectivity index (χ3v) is 2.26. The van der Waals surface area contributed by atoms with Crippen LogP contribution < -0.4 is 5.73 Å². The third-order valence-electron chi connectivity index (χ3n) is 2.26. The molecule has 0 aromatic heterocycles. The van der Waals surface area contributed by atoms with Crippen molar-refractivity contribution in [1.82, 2.24) is 0 Å². The van der Waals surface area contributed by atoms with Gasteiger partial charge in [-0.2, -0.15) is 0 Å². The molecule has 0 amide bonds. The van der Waals surface area contributed by atoms with Gasteiger partial charge in [-0.25, -0.2) is 8.78 Å². The summed E-state index contributed by atoms with van der Waals surface area (Å²) in [5.41, 5.74) is 5.13. The van der Waals surface area contributed by atoms with Crippen LogP contribution in [-0.2, 0) is 4.79 Å². The van der Waals surface area contributed by atoms with Crippen LogP contribution in [0.3, 0.4) is 0 Å². The zero-order chi connectivity index (χ0) is 9.35. The molecule has 0 saturated heterocycles. The summed E-state index contributed by atoms with van der Waals surface area (Å²) in [5, 5.41) is 8.53. The fourth-order valence-corrected chi connectivity index (χ4v) is 1.48. The Bertz CT molecular complexity index is 201. The van der Waals surface area contributed by atoms with E-state index in [1.54, 1.807) is 0 Å². The molecule has 13 heavy (non-hydrogen) atoms. The number of carboxylic acid groups (broad SMARTS) is 1. The molecular weight excluding hydrogens is 204 g/mol. The van der Waals surface area contributed by atoms with Crippen LogP contribution in [-0.4, -0.2) is 23.0 Å². The fraction of sp³-hybridized carbons (Fsp3) is 0.857. The summed E-state index contributed by atoms with van der Waals surface area (Å²) in [4.78, 5) is 10.4. The smallest absolute Gasteiger partial charge is 0.308 e. The molecule has 0 unspecified atom stereocenters. The van der Waals surface area contributed by atoms with Crippen molar-refractivity contribution in [2.45, 2.75) is 31.2 Å². The van der Waals surface area contributed by atoms with Gasteiger partial charge in [0, 0.05) is 6.42 Å². The van der Waals surface area contributed by atoms with Gasteiger partial charge in [-0.15, -0.1) is 12.4 Å². The molecule has 0 bridgehead atoms. The van der Waals surface area contributed by atoms with Crippen molar-refractivity contribution in [3.8, 4) is 0 Å². The Kier molecular flexibility index (Phi) is 4.06. The van der Waals surface area contributed by atoms with Crippen LogP contribution in [0.2, 0.25) is 0 Å². The first kappa shape index (κ1) is 12.6. The lowest BCUT2D eigenvalue weighted by Gasteiger charge is -2.32. The minimum Gasteiger partial charge on any atom is -0.481 e. The Balaban J connectivity index is 0.00000144. The normalized spacial score (nSPS) is 31.9. The number of halogens is 3. The van der Waals surface area contributed by atoms with Gasteiger partial charge in [0.2, 0.25) is 0 Å². The van der Waals surface area contributed by atoms with E-state index in [0.29, 0.717) is 0 Å². The average molecular weight is 216 g/mol. The highest BCUT2D eigenvalue weighted by atomic mass is 35.5. The van der Waals surface area contributed by atoms with Crippen molar-refractivity contribution in [3.05, 3.63) is 0 Å². The molecule has 2 atom stereocenters. The van der Waals surface area contributed by atoms with Crippen LogP contribution in [0.1, 0.15) is 19.3 Å². The summed E-state index contributed by atoms with van der Waals surface area (Å²) in [7, 11) is 0. The molecule has 6 heteroatoms. The van der Waals surface area contributed by atoms with Gasteiger partial charge >= 0.3 is 5.97 Å². The lowest BCUT2D eigenvalue weighted by Crippen LogP contribution is -2.51. The average Bonchev–Trinajstić information content (AvgIpc) is 1.94. The number of carbonyl (C=O) groups is 1. The van der Waals surface area contributed by atoms with Crippen molar-refractivity contribution in [1.29, 1.82) is 0 Å². The Hall–Kier alpha value is -0.420. The van der Waals surface area contributed by atoms with Gasteiger partial charge in [-0.05, 0) is 12.8 Å². The number of nitrogens with two attached hydrogens (primary N) is 1. The lowest BCUT2D eigenvalue weighted by atomic mass is 9.82. The second-order valence-electron chi connectivity index (χ2n) is 3.12. The van der Waals surface area contributed by atoms with Crippen LogP contribution in [0.5, 0.6) is 0 Å². The largest absolute Gasteiger partial charge is 0.481 e. The summed E-state index contributed by atoms with van der Waals surface area (Å²) in [6.07, 6.45) is 0.196. The van der Waals surface area contributed by atoms with E-state index in [1.165, 1.54) is 0 Å². The molecule has 0 aliphatic heterocycles. The van der Waals surface area contributed by atoms with Crippen LogP contribution in [0.25, 0.3) is 0 Å². The van der Waals surface area contributed by atoms with Crippen LogP contribution >= 0.6 is 12.4 Å². The molecule has 0 aromatic rings. The van der Waals surface area contributed by atoms with Crippen molar-refractivity contribution in [2.75, 3.05) is 0 Å². The molecule has 3 nitrogen and oxygen atoms in total. The maximum Gasteiger partial charge on any atom is 0.308 e. The SMILES string of the molecule is Cl.N[C@H]1[C@@H](C(=O)O)CCCC1(F)F. The van der Waals surface area contributed by atoms with E-state index in [1.807, 2.05) is 0 Å². The number of hydrogen-bond donors (Lipinski definition) is 2. The summed E-state index contributed by atoms with van der Waals surface area (Å²) in [5.74, 6) is -5.32. The van der Waals surface area contributed by atoms with E-state index in [2.05, 4.69) is 0 Å². The zero-order valence-electron chi connectivity index (χ0n) is 6.87. The topological polar surface area (TPSA) is 63.3 Å². The second kappa shape index (κ2) is 4.19.